The molecule has 0 amide bonds. The van der Waals surface area contributed by atoms with Gasteiger partial charge in [-0.3, -0.25) is 0 Å². The van der Waals surface area contributed by atoms with Crippen LogP contribution in [-0.4, -0.2) is 33.8 Å². The number of benzene rings is 1. The summed E-state index contributed by atoms with van der Waals surface area (Å²) in [6.07, 6.45) is 4.09. The predicted octanol–water partition coefficient (Wildman–Crippen LogP) is 4.74. The van der Waals surface area contributed by atoms with Crippen LogP contribution < -0.4 is 9.47 Å². The molecule has 1 aromatic carbocycles. The van der Waals surface area contributed by atoms with E-state index in [1.165, 1.54) is 0 Å². The van der Waals surface area contributed by atoms with Crippen LogP contribution in [-0.2, 0) is 0 Å². The van der Waals surface area contributed by atoms with E-state index in [9.17, 15) is 0 Å². The summed E-state index contributed by atoms with van der Waals surface area (Å²) in [6, 6.07) is 7.76. The Labute approximate surface area is 147 Å². The van der Waals surface area contributed by atoms with Gasteiger partial charge in [0.05, 0.1) is 24.2 Å². The van der Waals surface area contributed by atoms with Gasteiger partial charge in [0.2, 0.25) is 0 Å². The number of hydrogen-bond donors (Lipinski definition) is 0. The minimum Gasteiger partial charge on any atom is -0.474 e. The fourth-order valence-corrected chi connectivity index (χ4v) is 2.68. The zero-order valence-corrected chi connectivity index (χ0v) is 15.6. The highest BCUT2D eigenvalue weighted by Gasteiger charge is 2.11. The van der Waals surface area contributed by atoms with Crippen LogP contribution in [0, 0.1) is 0 Å². The van der Waals surface area contributed by atoms with Crippen LogP contribution in [0.2, 0.25) is 0 Å². The molecule has 0 radical (unpaired) electrons. The van der Waals surface area contributed by atoms with E-state index in [0.717, 1.165) is 47.4 Å². The SMILES string of the molecule is BrCCCCOc1nc2ccccc2nc1OCCCCBr. The molecule has 1 aromatic heterocycles. The molecule has 0 saturated heterocycles. The number of aromatic nitrogens is 2. The second-order valence-corrected chi connectivity index (χ2v) is 6.40. The molecule has 1 heterocycles. The molecular formula is C16H20Br2N2O2. The summed E-state index contributed by atoms with van der Waals surface area (Å²) in [5, 5.41) is 1.96. The van der Waals surface area contributed by atoms with Crippen LogP contribution >= 0.6 is 31.9 Å². The molecule has 22 heavy (non-hydrogen) atoms. The van der Waals surface area contributed by atoms with Crippen molar-refractivity contribution in [3.05, 3.63) is 24.3 Å². The maximum absolute atomic E-state index is 5.78. The molecule has 0 fully saturated rings. The molecule has 0 bridgehead atoms. The van der Waals surface area contributed by atoms with Gasteiger partial charge < -0.3 is 9.47 Å². The smallest absolute Gasteiger partial charge is 0.278 e. The van der Waals surface area contributed by atoms with Crippen LogP contribution in [0.4, 0.5) is 0 Å². The summed E-state index contributed by atoms with van der Waals surface area (Å²) in [7, 11) is 0. The van der Waals surface area contributed by atoms with Crippen LogP contribution in [0.25, 0.3) is 11.0 Å². The van der Waals surface area contributed by atoms with Crippen molar-refractivity contribution >= 4 is 42.9 Å². The third-order valence-electron chi connectivity index (χ3n) is 3.04. The topological polar surface area (TPSA) is 44.2 Å². The summed E-state index contributed by atoms with van der Waals surface area (Å²) in [5.74, 6) is 0.985. The standard InChI is InChI=1S/C16H20Br2N2O2/c17-9-3-5-11-21-15-16(22-12-6-4-10-18)20-14-8-2-1-7-13(14)19-15/h1-2,7-8H,3-6,9-12H2. The molecule has 0 atom stereocenters. The minimum atomic E-state index is 0.493. The highest BCUT2D eigenvalue weighted by molar-refractivity contribution is 9.09. The molecular weight excluding hydrogens is 412 g/mol. The molecule has 0 aliphatic carbocycles. The van der Waals surface area contributed by atoms with Gasteiger partial charge in [-0.1, -0.05) is 44.0 Å². The average molecular weight is 432 g/mol. The molecule has 0 aliphatic heterocycles. The van der Waals surface area contributed by atoms with Crippen molar-refractivity contribution in [2.75, 3.05) is 23.9 Å². The zero-order valence-electron chi connectivity index (χ0n) is 12.4. The van der Waals surface area contributed by atoms with Gasteiger partial charge in [-0.25, -0.2) is 9.97 Å². The van der Waals surface area contributed by atoms with Gasteiger partial charge in [0.1, 0.15) is 0 Å². The monoisotopic (exact) mass is 430 g/mol. The molecule has 0 unspecified atom stereocenters. The highest BCUT2D eigenvalue weighted by atomic mass is 79.9. The quantitative estimate of drug-likeness (QED) is 0.402. The van der Waals surface area contributed by atoms with Gasteiger partial charge in [0.15, 0.2) is 0 Å². The van der Waals surface area contributed by atoms with Crippen LogP contribution in [0.1, 0.15) is 25.7 Å². The van der Waals surface area contributed by atoms with Crippen molar-refractivity contribution in [1.29, 1.82) is 0 Å². The van der Waals surface area contributed by atoms with Crippen molar-refractivity contribution in [2.45, 2.75) is 25.7 Å². The lowest BCUT2D eigenvalue weighted by molar-refractivity contribution is 0.247. The second-order valence-electron chi connectivity index (χ2n) is 4.81. The number of fused-ring (bicyclic) bond motifs is 1. The van der Waals surface area contributed by atoms with Crippen LogP contribution in [0.3, 0.4) is 0 Å². The molecule has 6 heteroatoms. The van der Waals surface area contributed by atoms with Gasteiger partial charge >= 0.3 is 0 Å². The molecule has 0 saturated carbocycles. The Morgan fingerprint density at radius 2 is 1.18 bits per heavy atom. The van der Waals surface area contributed by atoms with Crippen molar-refractivity contribution in [3.8, 4) is 11.8 Å². The van der Waals surface area contributed by atoms with E-state index in [0.29, 0.717) is 25.0 Å². The first-order chi connectivity index (χ1) is 10.8. The van der Waals surface area contributed by atoms with E-state index in [1.54, 1.807) is 0 Å². The Morgan fingerprint density at radius 1 is 0.727 bits per heavy atom. The molecule has 4 nitrogen and oxygen atoms in total. The third-order valence-corrected chi connectivity index (χ3v) is 4.16. The fourth-order valence-electron chi connectivity index (χ4n) is 1.89. The number of ether oxygens (including phenoxy) is 2. The van der Waals surface area contributed by atoms with Crippen LogP contribution in [0.5, 0.6) is 11.8 Å². The Morgan fingerprint density at radius 3 is 1.59 bits per heavy atom. The summed E-state index contributed by atoms with van der Waals surface area (Å²) < 4.78 is 11.6. The van der Waals surface area contributed by atoms with Gasteiger partial charge in [-0.2, -0.15) is 0 Å². The lowest BCUT2D eigenvalue weighted by Gasteiger charge is -2.11. The number of unbranched alkanes of at least 4 members (excludes halogenated alkanes) is 2. The van der Waals surface area contributed by atoms with Crippen LogP contribution in [0.15, 0.2) is 24.3 Å². The Bertz CT molecular complexity index is 531. The summed E-state index contributed by atoms with van der Waals surface area (Å²) >= 11 is 6.84. The molecule has 2 rings (SSSR count). The van der Waals surface area contributed by atoms with E-state index in [2.05, 4.69) is 41.8 Å². The maximum atomic E-state index is 5.78. The lowest BCUT2D eigenvalue weighted by Crippen LogP contribution is -2.06. The first-order valence-electron chi connectivity index (χ1n) is 7.49. The average Bonchev–Trinajstić information content (AvgIpc) is 2.55. The Hall–Kier alpha value is -0.880. The van der Waals surface area contributed by atoms with Gasteiger partial charge in [0, 0.05) is 10.7 Å². The normalized spacial score (nSPS) is 10.8. The van der Waals surface area contributed by atoms with E-state index in [-0.39, 0.29) is 0 Å². The van der Waals surface area contributed by atoms with Crippen molar-refractivity contribution < 1.29 is 9.47 Å². The van der Waals surface area contributed by atoms with E-state index in [4.69, 9.17) is 9.47 Å². The molecule has 2 aromatic rings. The van der Waals surface area contributed by atoms with Crippen molar-refractivity contribution in [3.63, 3.8) is 0 Å². The number of alkyl halides is 2. The Kier molecular flexibility index (Phi) is 7.94. The van der Waals surface area contributed by atoms with E-state index in [1.807, 2.05) is 24.3 Å². The number of rotatable bonds is 10. The molecule has 0 aliphatic rings. The summed E-state index contributed by atoms with van der Waals surface area (Å²) in [5.41, 5.74) is 1.65. The van der Waals surface area contributed by atoms with E-state index < -0.39 is 0 Å². The van der Waals surface area contributed by atoms with Crippen molar-refractivity contribution in [1.82, 2.24) is 9.97 Å². The van der Waals surface area contributed by atoms with Crippen molar-refractivity contribution in [2.24, 2.45) is 0 Å². The third kappa shape index (κ3) is 5.39. The number of para-hydroxylation sites is 2. The molecule has 0 spiro atoms. The number of hydrogen-bond acceptors (Lipinski definition) is 4. The summed E-state index contributed by atoms with van der Waals surface area (Å²) in [4.78, 5) is 9.08. The van der Waals surface area contributed by atoms with Gasteiger partial charge in [0.25, 0.3) is 11.8 Å². The second kappa shape index (κ2) is 10.0. The molecule has 0 N–H and O–H groups in total. The molecule has 120 valence electrons. The first-order valence-corrected chi connectivity index (χ1v) is 9.73. The zero-order chi connectivity index (χ0) is 15.6. The van der Waals surface area contributed by atoms with E-state index >= 15 is 0 Å². The minimum absolute atomic E-state index is 0.493. The highest BCUT2D eigenvalue weighted by Crippen LogP contribution is 2.26. The fraction of sp³-hybridized carbons (Fsp3) is 0.500. The number of halogens is 2. The number of nitrogens with zero attached hydrogens (tertiary/aromatic N) is 2. The Balaban J connectivity index is 2.09. The van der Waals surface area contributed by atoms with Gasteiger partial charge in [-0.15, -0.1) is 0 Å². The first kappa shape index (κ1) is 17.5. The van der Waals surface area contributed by atoms with Gasteiger partial charge in [-0.05, 0) is 37.8 Å². The largest absolute Gasteiger partial charge is 0.474 e. The summed E-state index contributed by atoms with van der Waals surface area (Å²) in [6.45, 7) is 1.24. The maximum Gasteiger partial charge on any atom is 0.278 e. The lowest BCUT2D eigenvalue weighted by atomic mass is 10.3. The predicted molar refractivity (Wildman–Crippen MR) is 96.6 cm³/mol.